The first-order chi connectivity index (χ1) is 8.61. The van der Waals surface area contributed by atoms with E-state index in [-0.39, 0.29) is 30.5 Å². The summed E-state index contributed by atoms with van der Waals surface area (Å²) in [5.41, 5.74) is 0.893. The number of carbonyl (C=O) groups excluding carboxylic acids is 1. The summed E-state index contributed by atoms with van der Waals surface area (Å²) in [4.78, 5) is 14.3. The first kappa shape index (κ1) is 15.9. The molecule has 1 aliphatic heterocycles. The molecule has 0 aliphatic carbocycles. The van der Waals surface area contributed by atoms with Gasteiger partial charge in [-0.05, 0) is 14.0 Å². The number of nitrogens with zero attached hydrogens (tertiary/aromatic N) is 3. The van der Waals surface area contributed by atoms with Crippen LogP contribution in [0.5, 0.6) is 0 Å². The van der Waals surface area contributed by atoms with Crippen molar-refractivity contribution in [2.24, 2.45) is 7.05 Å². The van der Waals surface area contributed by atoms with Gasteiger partial charge in [0, 0.05) is 31.9 Å². The number of aryl methyl sites for hydroxylation is 1. The molecule has 1 amide bonds. The van der Waals surface area contributed by atoms with Crippen LogP contribution < -0.4 is 5.32 Å². The van der Waals surface area contributed by atoms with E-state index in [4.69, 9.17) is 4.74 Å². The van der Waals surface area contributed by atoms with Gasteiger partial charge in [0.1, 0.15) is 6.04 Å². The summed E-state index contributed by atoms with van der Waals surface area (Å²) in [5.74, 6) is 0.0839. The van der Waals surface area contributed by atoms with Crippen LogP contribution in [0.25, 0.3) is 0 Å². The van der Waals surface area contributed by atoms with Gasteiger partial charge in [-0.25, -0.2) is 0 Å². The number of hydrogen-bond donors (Lipinski definition) is 1. The lowest BCUT2D eigenvalue weighted by Crippen LogP contribution is -2.48. The van der Waals surface area contributed by atoms with Gasteiger partial charge in [0.25, 0.3) is 0 Å². The second kappa shape index (κ2) is 6.88. The molecule has 6 nitrogen and oxygen atoms in total. The Kier molecular flexibility index (Phi) is 5.78. The Morgan fingerprint density at radius 1 is 1.63 bits per heavy atom. The minimum absolute atomic E-state index is 0. The SMILES string of the molecule is CNC(C(=O)N1CCOC(C)C1)c1cnn(C)c1.Cl. The number of aromatic nitrogens is 2. The topological polar surface area (TPSA) is 59.4 Å². The molecule has 108 valence electrons. The molecular formula is C12H21ClN4O2. The number of halogens is 1. The van der Waals surface area contributed by atoms with Crippen LogP contribution in [0.2, 0.25) is 0 Å². The second-order valence-electron chi connectivity index (χ2n) is 4.63. The van der Waals surface area contributed by atoms with Gasteiger partial charge in [-0.1, -0.05) is 0 Å². The molecule has 2 heterocycles. The largest absolute Gasteiger partial charge is 0.375 e. The van der Waals surface area contributed by atoms with Gasteiger partial charge in [0.05, 0.1) is 18.9 Å². The van der Waals surface area contributed by atoms with Gasteiger partial charge in [-0.2, -0.15) is 5.10 Å². The third-order valence-corrected chi connectivity index (χ3v) is 3.15. The van der Waals surface area contributed by atoms with Crippen molar-refractivity contribution in [3.63, 3.8) is 0 Å². The number of ether oxygens (including phenoxy) is 1. The molecule has 2 atom stereocenters. The quantitative estimate of drug-likeness (QED) is 0.872. The monoisotopic (exact) mass is 288 g/mol. The Morgan fingerprint density at radius 2 is 2.37 bits per heavy atom. The molecule has 0 radical (unpaired) electrons. The maximum atomic E-state index is 12.5. The lowest BCUT2D eigenvalue weighted by molar-refractivity contribution is -0.140. The third-order valence-electron chi connectivity index (χ3n) is 3.15. The van der Waals surface area contributed by atoms with Crippen molar-refractivity contribution in [1.82, 2.24) is 20.0 Å². The summed E-state index contributed by atoms with van der Waals surface area (Å²) >= 11 is 0. The Hall–Kier alpha value is -1.11. The fourth-order valence-electron chi connectivity index (χ4n) is 2.22. The Balaban J connectivity index is 0.00000180. The lowest BCUT2D eigenvalue weighted by Gasteiger charge is -2.33. The highest BCUT2D eigenvalue weighted by Gasteiger charge is 2.28. The van der Waals surface area contributed by atoms with Crippen LogP contribution in [0, 0.1) is 0 Å². The van der Waals surface area contributed by atoms with Crippen molar-refractivity contribution < 1.29 is 9.53 Å². The first-order valence-electron chi connectivity index (χ1n) is 6.18. The van der Waals surface area contributed by atoms with E-state index in [2.05, 4.69) is 10.4 Å². The summed E-state index contributed by atoms with van der Waals surface area (Å²) in [5, 5.41) is 7.17. The predicted molar refractivity (Wildman–Crippen MR) is 74.3 cm³/mol. The summed E-state index contributed by atoms with van der Waals surface area (Å²) in [6.07, 6.45) is 3.69. The zero-order valence-electron chi connectivity index (χ0n) is 11.5. The fraction of sp³-hybridized carbons (Fsp3) is 0.667. The highest BCUT2D eigenvalue weighted by Crippen LogP contribution is 2.16. The molecule has 7 heteroatoms. The molecule has 2 rings (SSSR count). The number of likely N-dealkylation sites (N-methyl/N-ethyl adjacent to an activating group) is 1. The Labute approximate surface area is 119 Å². The molecule has 1 aliphatic rings. The van der Waals surface area contributed by atoms with E-state index in [1.807, 2.05) is 25.1 Å². The minimum atomic E-state index is -0.330. The predicted octanol–water partition coefficient (Wildman–Crippen LogP) is 0.350. The van der Waals surface area contributed by atoms with E-state index in [9.17, 15) is 4.79 Å². The van der Waals surface area contributed by atoms with Crippen LogP contribution in [0.15, 0.2) is 12.4 Å². The maximum Gasteiger partial charge on any atom is 0.244 e. The van der Waals surface area contributed by atoms with Gasteiger partial charge in [-0.15, -0.1) is 12.4 Å². The second-order valence-corrected chi connectivity index (χ2v) is 4.63. The molecule has 1 aromatic rings. The van der Waals surface area contributed by atoms with Gasteiger partial charge in [0.2, 0.25) is 5.91 Å². The van der Waals surface area contributed by atoms with E-state index in [0.29, 0.717) is 19.7 Å². The van der Waals surface area contributed by atoms with Crippen LogP contribution >= 0.6 is 12.4 Å². The maximum absolute atomic E-state index is 12.5. The molecule has 0 aromatic carbocycles. The van der Waals surface area contributed by atoms with Crippen molar-refractivity contribution in [3.8, 4) is 0 Å². The molecular weight excluding hydrogens is 268 g/mol. The van der Waals surface area contributed by atoms with Gasteiger partial charge in [0.15, 0.2) is 0 Å². The Morgan fingerprint density at radius 3 is 2.89 bits per heavy atom. The van der Waals surface area contributed by atoms with Crippen LogP contribution in [-0.4, -0.2) is 53.4 Å². The summed E-state index contributed by atoms with van der Waals surface area (Å²) < 4.78 is 7.15. The molecule has 19 heavy (non-hydrogen) atoms. The molecule has 0 saturated carbocycles. The van der Waals surface area contributed by atoms with Crippen LogP contribution in [0.4, 0.5) is 0 Å². The van der Waals surface area contributed by atoms with E-state index in [0.717, 1.165) is 5.56 Å². The van der Waals surface area contributed by atoms with E-state index >= 15 is 0 Å². The van der Waals surface area contributed by atoms with Gasteiger partial charge >= 0.3 is 0 Å². The fourth-order valence-corrected chi connectivity index (χ4v) is 2.22. The highest BCUT2D eigenvalue weighted by molar-refractivity contribution is 5.85. The number of nitrogens with one attached hydrogen (secondary N) is 1. The van der Waals surface area contributed by atoms with Crippen LogP contribution in [0.3, 0.4) is 0 Å². The molecule has 1 saturated heterocycles. The molecule has 1 fully saturated rings. The smallest absolute Gasteiger partial charge is 0.244 e. The van der Waals surface area contributed by atoms with Crippen molar-refractivity contribution in [3.05, 3.63) is 18.0 Å². The van der Waals surface area contributed by atoms with Crippen LogP contribution in [-0.2, 0) is 16.6 Å². The highest BCUT2D eigenvalue weighted by atomic mass is 35.5. The molecule has 0 spiro atoms. The van der Waals surface area contributed by atoms with Crippen LogP contribution in [0.1, 0.15) is 18.5 Å². The summed E-state index contributed by atoms with van der Waals surface area (Å²) in [6.45, 7) is 3.90. The normalized spacial score (nSPS) is 20.8. The zero-order chi connectivity index (χ0) is 13.1. The number of carbonyl (C=O) groups is 1. The summed E-state index contributed by atoms with van der Waals surface area (Å²) in [6, 6.07) is -0.330. The lowest BCUT2D eigenvalue weighted by atomic mass is 10.1. The van der Waals surface area contributed by atoms with Crippen molar-refractivity contribution in [2.75, 3.05) is 26.7 Å². The average Bonchev–Trinajstić information content (AvgIpc) is 2.76. The number of hydrogen-bond acceptors (Lipinski definition) is 4. The number of morpholine rings is 1. The molecule has 2 unspecified atom stereocenters. The molecule has 1 N–H and O–H groups in total. The van der Waals surface area contributed by atoms with E-state index < -0.39 is 0 Å². The van der Waals surface area contributed by atoms with E-state index in [1.54, 1.807) is 17.9 Å². The number of rotatable bonds is 3. The first-order valence-corrected chi connectivity index (χ1v) is 6.18. The van der Waals surface area contributed by atoms with E-state index in [1.165, 1.54) is 0 Å². The zero-order valence-corrected chi connectivity index (χ0v) is 12.3. The standard InChI is InChI=1S/C12H20N4O2.ClH/c1-9-7-16(4-5-18-9)12(17)11(13-2)10-6-14-15(3)8-10;/h6,8-9,11,13H,4-5,7H2,1-3H3;1H. The number of amides is 1. The van der Waals surface area contributed by atoms with Gasteiger partial charge in [-0.3, -0.25) is 9.48 Å². The molecule has 1 aromatic heterocycles. The summed E-state index contributed by atoms with van der Waals surface area (Å²) in [7, 11) is 3.64. The molecule has 0 bridgehead atoms. The van der Waals surface area contributed by atoms with Crippen molar-refractivity contribution in [2.45, 2.75) is 19.1 Å². The third kappa shape index (κ3) is 3.68. The minimum Gasteiger partial charge on any atom is -0.375 e. The van der Waals surface area contributed by atoms with Gasteiger partial charge < -0.3 is 15.0 Å². The van der Waals surface area contributed by atoms with Crippen molar-refractivity contribution >= 4 is 18.3 Å². The average molecular weight is 289 g/mol. The Bertz CT molecular complexity index is 424. The van der Waals surface area contributed by atoms with Crippen molar-refractivity contribution in [1.29, 1.82) is 0 Å².